The van der Waals surface area contributed by atoms with Crippen molar-refractivity contribution in [3.8, 4) is 11.8 Å². The molecule has 3 nitrogen and oxygen atoms in total. The zero-order valence-corrected chi connectivity index (χ0v) is 11.5. The van der Waals surface area contributed by atoms with Crippen LogP contribution in [-0.2, 0) is 11.2 Å². The molecule has 0 heterocycles. The molecule has 2 aromatic carbocycles. The van der Waals surface area contributed by atoms with Crippen LogP contribution in [0.1, 0.15) is 22.6 Å². The Morgan fingerprint density at radius 2 is 2.10 bits per heavy atom. The van der Waals surface area contributed by atoms with Crippen LogP contribution in [0.2, 0.25) is 0 Å². The molecule has 0 saturated carbocycles. The molecular weight excluding hydrogens is 262 g/mol. The number of aliphatic hydroxyl groups excluding tert-OH is 1. The van der Waals surface area contributed by atoms with Crippen molar-refractivity contribution in [1.82, 2.24) is 0 Å². The minimum Gasteiger partial charge on any atom is -0.384 e. The standard InChI is InChI=1S/C18H15NO2/c20-10-4-6-13-5-3-8-15(11-13)19-18(21)17-12-14-7-1-2-9-16(14)17/h1-3,5,7-9,11,17,20H,10,12H2,(H,19,21). The van der Waals surface area contributed by atoms with Gasteiger partial charge >= 0.3 is 0 Å². The number of nitrogens with one attached hydrogen (secondary N) is 1. The van der Waals surface area contributed by atoms with E-state index >= 15 is 0 Å². The molecule has 2 aromatic rings. The van der Waals surface area contributed by atoms with E-state index in [4.69, 9.17) is 5.11 Å². The minimum atomic E-state index is -0.171. The number of hydrogen-bond acceptors (Lipinski definition) is 2. The predicted octanol–water partition coefficient (Wildman–Crippen LogP) is 2.31. The molecule has 1 amide bonds. The predicted molar refractivity (Wildman–Crippen MR) is 81.9 cm³/mol. The second-order valence-electron chi connectivity index (χ2n) is 4.99. The van der Waals surface area contributed by atoms with E-state index < -0.39 is 0 Å². The van der Waals surface area contributed by atoms with Crippen LogP contribution >= 0.6 is 0 Å². The molecule has 0 saturated heterocycles. The first-order chi connectivity index (χ1) is 10.3. The van der Waals surface area contributed by atoms with Gasteiger partial charge in [-0.3, -0.25) is 4.79 Å². The molecule has 21 heavy (non-hydrogen) atoms. The summed E-state index contributed by atoms with van der Waals surface area (Å²) in [6, 6.07) is 15.4. The first kappa shape index (κ1) is 13.4. The Bertz CT molecular complexity index is 740. The fourth-order valence-electron chi connectivity index (χ4n) is 2.54. The Balaban J connectivity index is 1.72. The molecule has 0 spiro atoms. The van der Waals surface area contributed by atoms with Gasteiger partial charge in [-0.1, -0.05) is 42.2 Å². The number of fused-ring (bicyclic) bond motifs is 1. The van der Waals surface area contributed by atoms with Gasteiger partial charge in [0.2, 0.25) is 5.91 Å². The highest BCUT2D eigenvalue weighted by molar-refractivity contribution is 5.97. The van der Waals surface area contributed by atoms with E-state index in [1.165, 1.54) is 5.56 Å². The highest BCUT2D eigenvalue weighted by Gasteiger charge is 2.31. The summed E-state index contributed by atoms with van der Waals surface area (Å²) < 4.78 is 0. The largest absolute Gasteiger partial charge is 0.384 e. The van der Waals surface area contributed by atoms with Crippen molar-refractivity contribution >= 4 is 11.6 Å². The van der Waals surface area contributed by atoms with Crippen molar-refractivity contribution in [2.24, 2.45) is 0 Å². The van der Waals surface area contributed by atoms with Crippen LogP contribution in [0.15, 0.2) is 48.5 Å². The van der Waals surface area contributed by atoms with E-state index in [1.54, 1.807) is 0 Å². The van der Waals surface area contributed by atoms with E-state index in [2.05, 4.69) is 23.2 Å². The Morgan fingerprint density at radius 3 is 2.90 bits per heavy atom. The third-order valence-corrected chi connectivity index (χ3v) is 3.61. The first-order valence-electron chi connectivity index (χ1n) is 6.86. The smallest absolute Gasteiger partial charge is 0.232 e. The van der Waals surface area contributed by atoms with Crippen molar-refractivity contribution in [1.29, 1.82) is 0 Å². The van der Waals surface area contributed by atoms with Crippen LogP contribution in [0.4, 0.5) is 5.69 Å². The third-order valence-electron chi connectivity index (χ3n) is 3.61. The van der Waals surface area contributed by atoms with Crippen LogP contribution in [0.3, 0.4) is 0 Å². The maximum absolute atomic E-state index is 12.3. The van der Waals surface area contributed by atoms with Gasteiger partial charge < -0.3 is 10.4 Å². The van der Waals surface area contributed by atoms with E-state index in [1.807, 2.05) is 42.5 Å². The molecule has 2 N–H and O–H groups in total. The van der Waals surface area contributed by atoms with E-state index in [0.29, 0.717) is 0 Å². The maximum Gasteiger partial charge on any atom is 0.232 e. The number of benzene rings is 2. The van der Waals surface area contributed by atoms with Crippen molar-refractivity contribution < 1.29 is 9.90 Å². The lowest BCUT2D eigenvalue weighted by atomic mass is 9.77. The Morgan fingerprint density at radius 1 is 1.24 bits per heavy atom. The summed E-state index contributed by atoms with van der Waals surface area (Å²) in [4.78, 5) is 12.3. The summed E-state index contributed by atoms with van der Waals surface area (Å²) in [6.45, 7) is -0.171. The molecule has 1 aliphatic rings. The van der Waals surface area contributed by atoms with Gasteiger partial charge in [-0.05, 0) is 35.7 Å². The summed E-state index contributed by atoms with van der Waals surface area (Å²) in [5.74, 6) is 5.38. The van der Waals surface area contributed by atoms with Crippen molar-refractivity contribution in [2.45, 2.75) is 12.3 Å². The Hall–Kier alpha value is -2.57. The van der Waals surface area contributed by atoms with Gasteiger partial charge in [0, 0.05) is 11.3 Å². The number of carbonyl (C=O) groups excluding carboxylic acids is 1. The van der Waals surface area contributed by atoms with Gasteiger partial charge in [-0.15, -0.1) is 0 Å². The molecule has 0 radical (unpaired) electrons. The zero-order chi connectivity index (χ0) is 14.7. The van der Waals surface area contributed by atoms with Gasteiger partial charge in [0.05, 0.1) is 5.92 Å². The average molecular weight is 277 g/mol. The van der Waals surface area contributed by atoms with Gasteiger partial charge in [-0.25, -0.2) is 0 Å². The molecule has 3 heteroatoms. The van der Waals surface area contributed by atoms with Crippen LogP contribution in [0.25, 0.3) is 0 Å². The number of amides is 1. The molecule has 3 rings (SSSR count). The zero-order valence-electron chi connectivity index (χ0n) is 11.5. The quantitative estimate of drug-likeness (QED) is 0.828. The number of hydrogen-bond donors (Lipinski definition) is 2. The monoisotopic (exact) mass is 277 g/mol. The van der Waals surface area contributed by atoms with Crippen LogP contribution in [-0.4, -0.2) is 17.6 Å². The molecular formula is C18H15NO2. The van der Waals surface area contributed by atoms with Crippen LogP contribution in [0.5, 0.6) is 0 Å². The van der Waals surface area contributed by atoms with E-state index in [-0.39, 0.29) is 18.4 Å². The molecule has 0 aliphatic heterocycles. The maximum atomic E-state index is 12.3. The average Bonchev–Trinajstić information content (AvgIpc) is 2.47. The number of anilines is 1. The van der Waals surface area contributed by atoms with Gasteiger partial charge in [0.25, 0.3) is 0 Å². The van der Waals surface area contributed by atoms with Gasteiger partial charge in [-0.2, -0.15) is 0 Å². The number of carbonyl (C=O) groups is 1. The normalized spacial score (nSPS) is 15.2. The van der Waals surface area contributed by atoms with Crippen LogP contribution < -0.4 is 5.32 Å². The lowest BCUT2D eigenvalue weighted by molar-refractivity contribution is -0.118. The Labute approximate surface area is 123 Å². The molecule has 1 unspecified atom stereocenters. The molecule has 0 fully saturated rings. The second-order valence-corrected chi connectivity index (χ2v) is 4.99. The minimum absolute atomic E-state index is 0.0148. The van der Waals surface area contributed by atoms with Gasteiger partial charge in [0.15, 0.2) is 0 Å². The molecule has 0 aromatic heterocycles. The topological polar surface area (TPSA) is 49.3 Å². The lowest BCUT2D eigenvalue weighted by Crippen LogP contribution is -2.30. The molecule has 1 atom stereocenters. The fraction of sp³-hybridized carbons (Fsp3) is 0.167. The summed E-state index contributed by atoms with van der Waals surface area (Å²) in [5, 5.41) is 11.6. The summed E-state index contributed by atoms with van der Waals surface area (Å²) in [7, 11) is 0. The van der Waals surface area contributed by atoms with Crippen molar-refractivity contribution in [3.63, 3.8) is 0 Å². The highest BCUT2D eigenvalue weighted by Crippen LogP contribution is 2.35. The van der Waals surface area contributed by atoms with Crippen molar-refractivity contribution in [2.75, 3.05) is 11.9 Å². The summed E-state index contributed by atoms with van der Waals surface area (Å²) in [6.07, 6.45) is 0.798. The second kappa shape index (κ2) is 5.82. The van der Waals surface area contributed by atoms with Crippen LogP contribution in [0, 0.1) is 11.8 Å². The molecule has 104 valence electrons. The van der Waals surface area contributed by atoms with Crippen molar-refractivity contribution in [3.05, 3.63) is 65.2 Å². The number of aliphatic hydroxyl groups is 1. The fourth-order valence-corrected chi connectivity index (χ4v) is 2.54. The van der Waals surface area contributed by atoms with Gasteiger partial charge in [0.1, 0.15) is 6.61 Å². The summed E-state index contributed by atoms with van der Waals surface area (Å²) >= 11 is 0. The van der Waals surface area contributed by atoms with E-state index in [0.717, 1.165) is 23.2 Å². The Kier molecular flexibility index (Phi) is 3.72. The number of rotatable bonds is 2. The first-order valence-corrected chi connectivity index (χ1v) is 6.86. The summed E-state index contributed by atoms with van der Waals surface area (Å²) in [5.41, 5.74) is 3.87. The highest BCUT2D eigenvalue weighted by atomic mass is 16.2. The SMILES string of the molecule is O=C(Nc1cccc(C#CCO)c1)C1Cc2ccccc21. The third kappa shape index (κ3) is 2.81. The van der Waals surface area contributed by atoms with E-state index in [9.17, 15) is 4.79 Å². The molecule has 1 aliphatic carbocycles. The molecule has 0 bridgehead atoms. The lowest BCUT2D eigenvalue weighted by Gasteiger charge is -2.28.